The maximum atomic E-state index is 12.7. The molecule has 0 spiro atoms. The van der Waals surface area contributed by atoms with Crippen molar-refractivity contribution in [2.75, 3.05) is 13.1 Å². The molecule has 0 bridgehead atoms. The quantitative estimate of drug-likeness (QED) is 0.904. The fourth-order valence-electron chi connectivity index (χ4n) is 3.02. The van der Waals surface area contributed by atoms with E-state index in [1.807, 2.05) is 30.3 Å². The average Bonchev–Trinajstić information content (AvgIpc) is 3.09. The van der Waals surface area contributed by atoms with E-state index in [4.69, 9.17) is 0 Å². The molecular weight excluding hydrogens is 304 g/mol. The molecule has 1 saturated heterocycles. The van der Waals surface area contributed by atoms with Crippen LogP contribution in [0.1, 0.15) is 46.3 Å². The number of benzene rings is 1. The first-order valence-electron chi connectivity index (χ1n) is 8.30. The van der Waals surface area contributed by atoms with Crippen molar-refractivity contribution in [3.05, 3.63) is 53.6 Å². The molecule has 1 aromatic carbocycles. The molecule has 24 heavy (non-hydrogen) atoms. The molecule has 1 aromatic heterocycles. The van der Waals surface area contributed by atoms with E-state index < -0.39 is 0 Å². The number of aromatic nitrogens is 2. The lowest BCUT2D eigenvalue weighted by molar-refractivity contribution is 0.0672. The predicted octanol–water partition coefficient (Wildman–Crippen LogP) is 2.21. The minimum Gasteiger partial charge on any atom is -0.347 e. The number of carbonyl (C=O) groups excluding carboxylic acids is 2. The zero-order chi connectivity index (χ0) is 16.9. The van der Waals surface area contributed by atoms with Crippen molar-refractivity contribution < 1.29 is 9.59 Å². The number of aromatic amines is 1. The molecule has 2 heterocycles. The van der Waals surface area contributed by atoms with Crippen LogP contribution in [-0.2, 0) is 6.54 Å². The highest BCUT2D eigenvalue weighted by Crippen LogP contribution is 2.18. The zero-order valence-electron chi connectivity index (χ0n) is 13.8. The summed E-state index contributed by atoms with van der Waals surface area (Å²) in [6, 6.07) is 9.64. The highest BCUT2D eigenvalue weighted by molar-refractivity contribution is 6.04. The Hall–Kier alpha value is -2.63. The van der Waals surface area contributed by atoms with Gasteiger partial charge in [0, 0.05) is 19.6 Å². The van der Waals surface area contributed by atoms with Gasteiger partial charge in [-0.3, -0.25) is 9.59 Å². The first-order valence-corrected chi connectivity index (χ1v) is 8.30. The summed E-state index contributed by atoms with van der Waals surface area (Å²) >= 11 is 0. The second-order valence-electron chi connectivity index (χ2n) is 6.29. The van der Waals surface area contributed by atoms with Gasteiger partial charge in [-0.05, 0) is 24.3 Å². The Labute approximate surface area is 141 Å². The summed E-state index contributed by atoms with van der Waals surface area (Å²) in [4.78, 5) is 33.8. The third kappa shape index (κ3) is 3.64. The molecule has 6 nitrogen and oxygen atoms in total. The Morgan fingerprint density at radius 1 is 1.33 bits per heavy atom. The molecule has 1 fully saturated rings. The van der Waals surface area contributed by atoms with E-state index in [2.05, 4.69) is 22.2 Å². The molecule has 1 aliphatic heterocycles. The number of hydrogen-bond acceptors (Lipinski definition) is 3. The van der Waals surface area contributed by atoms with Crippen molar-refractivity contribution in [2.24, 2.45) is 5.92 Å². The molecule has 2 N–H and O–H groups in total. The van der Waals surface area contributed by atoms with E-state index in [9.17, 15) is 9.59 Å². The highest BCUT2D eigenvalue weighted by Gasteiger charge is 2.27. The number of amides is 2. The molecule has 0 radical (unpaired) electrons. The van der Waals surface area contributed by atoms with E-state index in [1.165, 1.54) is 6.33 Å². The highest BCUT2D eigenvalue weighted by atomic mass is 16.2. The standard InChI is InChI=1S/C18H22N4O2/c1-13-6-5-9-22(11-13)18(24)16-15(20-12-21-16)17(23)19-10-14-7-3-2-4-8-14/h2-4,7-8,12-13H,5-6,9-11H2,1H3,(H,19,23)(H,20,21). The Morgan fingerprint density at radius 3 is 2.88 bits per heavy atom. The third-order valence-electron chi connectivity index (χ3n) is 4.31. The minimum absolute atomic E-state index is 0.149. The summed E-state index contributed by atoms with van der Waals surface area (Å²) in [5.74, 6) is -0.00148. The molecule has 0 aliphatic carbocycles. The maximum absolute atomic E-state index is 12.7. The van der Waals surface area contributed by atoms with Gasteiger partial charge in [0.25, 0.3) is 11.8 Å². The molecule has 1 atom stereocenters. The van der Waals surface area contributed by atoms with Gasteiger partial charge in [0.05, 0.1) is 6.33 Å². The Kier molecular flexibility index (Phi) is 4.93. The van der Waals surface area contributed by atoms with Gasteiger partial charge in [-0.1, -0.05) is 37.3 Å². The van der Waals surface area contributed by atoms with Crippen molar-refractivity contribution in [1.29, 1.82) is 0 Å². The van der Waals surface area contributed by atoms with Crippen LogP contribution in [0, 0.1) is 5.92 Å². The predicted molar refractivity (Wildman–Crippen MR) is 90.5 cm³/mol. The molecule has 2 aromatic rings. The minimum atomic E-state index is -0.339. The second kappa shape index (κ2) is 7.29. The molecule has 3 rings (SSSR count). The van der Waals surface area contributed by atoms with Crippen molar-refractivity contribution in [1.82, 2.24) is 20.2 Å². The van der Waals surface area contributed by atoms with Crippen LogP contribution in [-0.4, -0.2) is 39.8 Å². The number of carbonyl (C=O) groups is 2. The molecule has 1 unspecified atom stereocenters. The van der Waals surface area contributed by atoms with Crippen molar-refractivity contribution in [2.45, 2.75) is 26.3 Å². The lowest BCUT2D eigenvalue weighted by Gasteiger charge is -2.30. The van der Waals surface area contributed by atoms with Crippen LogP contribution < -0.4 is 5.32 Å². The van der Waals surface area contributed by atoms with Crippen LogP contribution in [0.2, 0.25) is 0 Å². The van der Waals surface area contributed by atoms with Crippen molar-refractivity contribution in [3.63, 3.8) is 0 Å². The summed E-state index contributed by atoms with van der Waals surface area (Å²) in [5, 5.41) is 2.82. The number of nitrogens with one attached hydrogen (secondary N) is 2. The van der Waals surface area contributed by atoms with Gasteiger partial charge in [-0.15, -0.1) is 0 Å². The average molecular weight is 326 g/mol. The van der Waals surface area contributed by atoms with Gasteiger partial charge in [0.15, 0.2) is 5.69 Å². The summed E-state index contributed by atoms with van der Waals surface area (Å²) in [6.07, 6.45) is 3.53. The number of H-pyrrole nitrogens is 1. The van der Waals surface area contributed by atoms with Crippen LogP contribution in [0.5, 0.6) is 0 Å². The van der Waals surface area contributed by atoms with Crippen LogP contribution in [0.25, 0.3) is 0 Å². The summed E-state index contributed by atoms with van der Waals surface area (Å²) in [5.41, 5.74) is 1.43. The molecule has 1 aliphatic rings. The number of rotatable bonds is 4. The van der Waals surface area contributed by atoms with Crippen LogP contribution in [0.4, 0.5) is 0 Å². The van der Waals surface area contributed by atoms with Crippen LogP contribution in [0.3, 0.4) is 0 Å². The van der Waals surface area contributed by atoms with Crippen LogP contribution >= 0.6 is 0 Å². The smallest absolute Gasteiger partial charge is 0.272 e. The summed E-state index contributed by atoms with van der Waals surface area (Å²) < 4.78 is 0. The van der Waals surface area contributed by atoms with E-state index in [-0.39, 0.29) is 23.2 Å². The fourth-order valence-corrected chi connectivity index (χ4v) is 3.02. The molecule has 2 amide bonds. The van der Waals surface area contributed by atoms with Gasteiger partial charge < -0.3 is 15.2 Å². The lowest BCUT2D eigenvalue weighted by Crippen LogP contribution is -2.40. The largest absolute Gasteiger partial charge is 0.347 e. The summed E-state index contributed by atoms with van der Waals surface area (Å²) in [6.45, 7) is 4.00. The first kappa shape index (κ1) is 16.2. The second-order valence-corrected chi connectivity index (χ2v) is 6.29. The molecule has 6 heteroatoms. The zero-order valence-corrected chi connectivity index (χ0v) is 13.8. The Bertz CT molecular complexity index is 711. The third-order valence-corrected chi connectivity index (χ3v) is 4.31. The molecular formula is C18H22N4O2. The van der Waals surface area contributed by atoms with Crippen LogP contribution in [0.15, 0.2) is 36.7 Å². The Balaban J connectivity index is 1.68. The topological polar surface area (TPSA) is 78.1 Å². The maximum Gasteiger partial charge on any atom is 0.272 e. The number of likely N-dealkylation sites (tertiary alicyclic amines) is 1. The van der Waals surface area contributed by atoms with Crippen molar-refractivity contribution in [3.8, 4) is 0 Å². The van der Waals surface area contributed by atoms with E-state index in [1.54, 1.807) is 4.90 Å². The van der Waals surface area contributed by atoms with E-state index in [0.717, 1.165) is 31.5 Å². The van der Waals surface area contributed by atoms with E-state index >= 15 is 0 Å². The number of nitrogens with zero attached hydrogens (tertiary/aromatic N) is 2. The monoisotopic (exact) mass is 326 g/mol. The van der Waals surface area contributed by atoms with Gasteiger partial charge in [0.2, 0.25) is 0 Å². The Morgan fingerprint density at radius 2 is 2.12 bits per heavy atom. The SMILES string of the molecule is CC1CCCN(C(=O)c2[nH]cnc2C(=O)NCc2ccccc2)C1. The lowest BCUT2D eigenvalue weighted by atomic mass is 10.00. The molecule has 126 valence electrons. The number of hydrogen-bond donors (Lipinski definition) is 2. The molecule has 0 saturated carbocycles. The number of piperidine rings is 1. The van der Waals surface area contributed by atoms with E-state index in [0.29, 0.717) is 12.5 Å². The summed E-state index contributed by atoms with van der Waals surface area (Å²) in [7, 11) is 0. The first-order chi connectivity index (χ1) is 11.6. The fraction of sp³-hybridized carbons (Fsp3) is 0.389. The van der Waals surface area contributed by atoms with Gasteiger partial charge >= 0.3 is 0 Å². The van der Waals surface area contributed by atoms with Gasteiger partial charge in [-0.25, -0.2) is 4.98 Å². The van der Waals surface area contributed by atoms with Crippen molar-refractivity contribution >= 4 is 11.8 Å². The number of imidazole rings is 1. The van der Waals surface area contributed by atoms with Gasteiger partial charge in [-0.2, -0.15) is 0 Å². The normalized spacial score (nSPS) is 17.5. The van der Waals surface area contributed by atoms with Gasteiger partial charge in [0.1, 0.15) is 5.69 Å².